The molecule has 2 aliphatic rings. The SMILES string of the molecule is CC12CCC(C1)C(C)(C)CC2=O. The Labute approximate surface area is 74.5 Å². The first-order valence-corrected chi connectivity index (χ1v) is 4.97. The van der Waals surface area contributed by atoms with Gasteiger partial charge >= 0.3 is 0 Å². The van der Waals surface area contributed by atoms with E-state index < -0.39 is 0 Å². The van der Waals surface area contributed by atoms with Crippen molar-refractivity contribution < 1.29 is 4.79 Å². The van der Waals surface area contributed by atoms with Crippen LogP contribution in [0.2, 0.25) is 0 Å². The fraction of sp³-hybridized carbons (Fsp3) is 0.909. The molecule has 1 nitrogen and oxygen atoms in total. The van der Waals surface area contributed by atoms with Gasteiger partial charge in [-0.1, -0.05) is 20.8 Å². The first kappa shape index (κ1) is 8.28. The van der Waals surface area contributed by atoms with E-state index in [2.05, 4.69) is 20.8 Å². The number of hydrogen-bond acceptors (Lipinski definition) is 1. The van der Waals surface area contributed by atoms with E-state index in [-0.39, 0.29) is 10.8 Å². The van der Waals surface area contributed by atoms with Crippen molar-refractivity contribution in [3.05, 3.63) is 0 Å². The minimum absolute atomic E-state index is 0.0696. The maximum absolute atomic E-state index is 11.8. The van der Waals surface area contributed by atoms with Gasteiger partial charge in [-0.2, -0.15) is 0 Å². The quantitative estimate of drug-likeness (QED) is 0.541. The Morgan fingerprint density at radius 3 is 2.67 bits per heavy atom. The number of carbonyl (C=O) groups is 1. The normalized spacial score (nSPS) is 44.9. The van der Waals surface area contributed by atoms with E-state index in [0.717, 1.165) is 25.2 Å². The number of carbonyl (C=O) groups excluding carboxylic acids is 1. The first-order valence-electron chi connectivity index (χ1n) is 4.97. The lowest BCUT2D eigenvalue weighted by Gasteiger charge is -2.39. The van der Waals surface area contributed by atoms with Crippen molar-refractivity contribution >= 4 is 5.78 Å². The van der Waals surface area contributed by atoms with Crippen LogP contribution in [0.5, 0.6) is 0 Å². The lowest BCUT2D eigenvalue weighted by Crippen LogP contribution is -2.37. The molecule has 0 spiro atoms. The Balaban J connectivity index is 2.31. The highest BCUT2D eigenvalue weighted by Crippen LogP contribution is 2.56. The molecule has 2 fully saturated rings. The number of fused-ring (bicyclic) bond motifs is 2. The van der Waals surface area contributed by atoms with E-state index in [1.807, 2.05) is 0 Å². The molecule has 2 atom stereocenters. The largest absolute Gasteiger partial charge is 0.299 e. The van der Waals surface area contributed by atoms with Gasteiger partial charge in [0.05, 0.1) is 0 Å². The van der Waals surface area contributed by atoms with Crippen molar-refractivity contribution in [1.29, 1.82) is 0 Å². The van der Waals surface area contributed by atoms with Crippen LogP contribution in [-0.2, 0) is 4.79 Å². The Morgan fingerprint density at radius 1 is 1.33 bits per heavy atom. The highest BCUT2D eigenvalue weighted by Gasteiger charge is 2.51. The molecule has 2 bridgehead atoms. The number of Topliss-reactive ketones (excluding diaryl/α,β-unsaturated/α-hetero) is 1. The van der Waals surface area contributed by atoms with Crippen molar-refractivity contribution in [3.63, 3.8) is 0 Å². The molecule has 0 aliphatic heterocycles. The molecule has 12 heavy (non-hydrogen) atoms. The molecule has 0 saturated heterocycles. The topological polar surface area (TPSA) is 17.1 Å². The molecule has 2 rings (SSSR count). The van der Waals surface area contributed by atoms with Crippen LogP contribution in [0.3, 0.4) is 0 Å². The Hall–Kier alpha value is -0.330. The molecule has 2 saturated carbocycles. The zero-order valence-corrected chi connectivity index (χ0v) is 8.31. The summed E-state index contributed by atoms with van der Waals surface area (Å²) in [4.78, 5) is 11.8. The highest BCUT2D eigenvalue weighted by molar-refractivity contribution is 5.86. The summed E-state index contributed by atoms with van der Waals surface area (Å²) in [6.07, 6.45) is 4.38. The summed E-state index contributed by atoms with van der Waals surface area (Å²) in [5, 5.41) is 0. The summed E-state index contributed by atoms with van der Waals surface area (Å²) in [6.45, 7) is 6.66. The first-order chi connectivity index (χ1) is 5.44. The maximum atomic E-state index is 11.8. The molecular formula is C11H18O. The van der Waals surface area contributed by atoms with Gasteiger partial charge in [0, 0.05) is 11.8 Å². The predicted octanol–water partition coefficient (Wildman–Crippen LogP) is 2.79. The summed E-state index contributed by atoms with van der Waals surface area (Å²) >= 11 is 0. The van der Waals surface area contributed by atoms with Gasteiger partial charge < -0.3 is 0 Å². The minimum atomic E-state index is 0.0696. The lowest BCUT2D eigenvalue weighted by atomic mass is 9.64. The molecule has 0 aromatic rings. The molecule has 0 amide bonds. The molecular weight excluding hydrogens is 148 g/mol. The summed E-state index contributed by atoms with van der Waals surface area (Å²) in [5.74, 6) is 1.32. The van der Waals surface area contributed by atoms with Crippen molar-refractivity contribution in [1.82, 2.24) is 0 Å². The standard InChI is InChI=1S/C11H18O/c1-10(2)7-9(12)11(3)5-4-8(10)6-11/h8H,4-7H2,1-3H3. The zero-order chi connectivity index (χ0) is 8.98. The van der Waals surface area contributed by atoms with Crippen molar-refractivity contribution in [3.8, 4) is 0 Å². The van der Waals surface area contributed by atoms with Crippen molar-refractivity contribution in [2.45, 2.75) is 46.5 Å². The van der Waals surface area contributed by atoms with Crippen LogP contribution < -0.4 is 0 Å². The molecule has 0 aromatic carbocycles. The molecule has 0 N–H and O–H groups in total. The predicted molar refractivity (Wildman–Crippen MR) is 48.9 cm³/mol. The van der Waals surface area contributed by atoms with E-state index in [9.17, 15) is 4.79 Å². The van der Waals surface area contributed by atoms with E-state index in [1.54, 1.807) is 0 Å². The third kappa shape index (κ3) is 0.949. The lowest BCUT2D eigenvalue weighted by molar-refractivity contribution is -0.133. The fourth-order valence-electron chi connectivity index (χ4n) is 2.93. The van der Waals surface area contributed by atoms with Gasteiger partial charge in [-0.3, -0.25) is 4.79 Å². The summed E-state index contributed by atoms with van der Waals surface area (Å²) in [5.41, 5.74) is 0.354. The number of rotatable bonds is 0. The van der Waals surface area contributed by atoms with Crippen LogP contribution in [0, 0.1) is 16.7 Å². The van der Waals surface area contributed by atoms with Gasteiger partial charge in [0.25, 0.3) is 0 Å². The van der Waals surface area contributed by atoms with E-state index in [4.69, 9.17) is 0 Å². The van der Waals surface area contributed by atoms with E-state index in [0.29, 0.717) is 5.78 Å². The van der Waals surface area contributed by atoms with Crippen LogP contribution in [0.4, 0.5) is 0 Å². The van der Waals surface area contributed by atoms with Crippen LogP contribution in [0.1, 0.15) is 46.5 Å². The van der Waals surface area contributed by atoms with E-state index >= 15 is 0 Å². The van der Waals surface area contributed by atoms with Gasteiger partial charge in [-0.15, -0.1) is 0 Å². The second kappa shape index (κ2) is 2.12. The molecule has 2 unspecified atom stereocenters. The average molecular weight is 166 g/mol. The average Bonchev–Trinajstić information content (AvgIpc) is 2.28. The van der Waals surface area contributed by atoms with Gasteiger partial charge in [-0.05, 0) is 30.6 Å². The van der Waals surface area contributed by atoms with Crippen molar-refractivity contribution in [2.24, 2.45) is 16.7 Å². The smallest absolute Gasteiger partial charge is 0.139 e. The van der Waals surface area contributed by atoms with Gasteiger partial charge in [0.15, 0.2) is 0 Å². The number of hydrogen-bond donors (Lipinski definition) is 0. The van der Waals surface area contributed by atoms with Gasteiger partial charge in [0.1, 0.15) is 5.78 Å². The van der Waals surface area contributed by atoms with Crippen LogP contribution >= 0.6 is 0 Å². The summed E-state index contributed by atoms with van der Waals surface area (Å²) < 4.78 is 0. The van der Waals surface area contributed by atoms with Crippen LogP contribution in [0.25, 0.3) is 0 Å². The highest BCUT2D eigenvalue weighted by atomic mass is 16.1. The Morgan fingerprint density at radius 2 is 2.00 bits per heavy atom. The monoisotopic (exact) mass is 166 g/mol. The third-order valence-corrected chi connectivity index (χ3v) is 4.14. The van der Waals surface area contributed by atoms with Gasteiger partial charge in [-0.25, -0.2) is 0 Å². The second-order valence-corrected chi connectivity index (χ2v) is 5.59. The molecule has 1 heteroatoms. The summed E-state index contributed by atoms with van der Waals surface area (Å²) in [7, 11) is 0. The third-order valence-electron chi connectivity index (χ3n) is 4.14. The summed E-state index contributed by atoms with van der Waals surface area (Å²) in [6, 6.07) is 0. The van der Waals surface area contributed by atoms with Crippen LogP contribution in [-0.4, -0.2) is 5.78 Å². The van der Waals surface area contributed by atoms with Gasteiger partial charge in [0.2, 0.25) is 0 Å². The fourth-order valence-corrected chi connectivity index (χ4v) is 2.93. The zero-order valence-electron chi connectivity index (χ0n) is 8.31. The maximum Gasteiger partial charge on any atom is 0.139 e. The molecule has 0 aromatic heterocycles. The molecule has 0 heterocycles. The molecule has 2 aliphatic carbocycles. The van der Waals surface area contributed by atoms with Crippen LogP contribution in [0.15, 0.2) is 0 Å². The van der Waals surface area contributed by atoms with E-state index in [1.165, 1.54) is 6.42 Å². The number of ketones is 1. The molecule has 0 radical (unpaired) electrons. The van der Waals surface area contributed by atoms with Crippen molar-refractivity contribution in [2.75, 3.05) is 0 Å². The second-order valence-electron chi connectivity index (χ2n) is 5.59. The Bertz CT molecular complexity index is 229. The Kier molecular flexibility index (Phi) is 1.47. The molecule has 68 valence electrons. The minimum Gasteiger partial charge on any atom is -0.299 e.